The Morgan fingerprint density at radius 2 is 1.95 bits per heavy atom. The number of hydrogen-bond acceptors (Lipinski definition) is 4. The summed E-state index contributed by atoms with van der Waals surface area (Å²) < 4.78 is 0. The van der Waals surface area contributed by atoms with Gasteiger partial charge in [0.25, 0.3) is 0 Å². The van der Waals surface area contributed by atoms with Crippen LogP contribution in [0.1, 0.15) is 0 Å². The zero-order chi connectivity index (χ0) is 13.9. The van der Waals surface area contributed by atoms with Gasteiger partial charge in [0.1, 0.15) is 5.82 Å². The van der Waals surface area contributed by atoms with E-state index in [1.165, 1.54) is 11.3 Å². The molecule has 0 aliphatic carbocycles. The first kappa shape index (κ1) is 13.4. The molecule has 3 nitrogen and oxygen atoms in total. The van der Waals surface area contributed by atoms with Crippen molar-refractivity contribution in [2.45, 2.75) is 0 Å². The van der Waals surface area contributed by atoms with Crippen LogP contribution >= 0.6 is 34.5 Å². The van der Waals surface area contributed by atoms with E-state index < -0.39 is 0 Å². The Kier molecular flexibility index (Phi) is 3.87. The van der Waals surface area contributed by atoms with Crippen LogP contribution in [0, 0.1) is 0 Å². The van der Waals surface area contributed by atoms with Gasteiger partial charge in [-0.3, -0.25) is 0 Å². The van der Waals surface area contributed by atoms with Crippen molar-refractivity contribution >= 4 is 45.5 Å². The number of hydrogen-bond donors (Lipinski definition) is 1. The molecule has 0 amide bonds. The Hall–Kier alpha value is -1.62. The summed E-state index contributed by atoms with van der Waals surface area (Å²) in [5.41, 5.74) is 1.87. The number of rotatable bonds is 3. The SMILES string of the molecule is Clc1ccc(Nc2nc(-c3cccc(Cl)c3)cs2)nc1. The molecule has 20 heavy (non-hydrogen) atoms. The van der Waals surface area contributed by atoms with Gasteiger partial charge in [-0.25, -0.2) is 9.97 Å². The normalized spacial score (nSPS) is 10.5. The fraction of sp³-hybridized carbons (Fsp3) is 0. The van der Waals surface area contributed by atoms with E-state index in [-0.39, 0.29) is 0 Å². The molecule has 6 heteroatoms. The highest BCUT2D eigenvalue weighted by Crippen LogP contribution is 2.28. The third-order valence-electron chi connectivity index (χ3n) is 2.59. The van der Waals surface area contributed by atoms with Crippen molar-refractivity contribution < 1.29 is 0 Å². The van der Waals surface area contributed by atoms with Crippen molar-refractivity contribution in [3.8, 4) is 11.3 Å². The number of anilines is 2. The van der Waals surface area contributed by atoms with Crippen molar-refractivity contribution in [1.82, 2.24) is 9.97 Å². The summed E-state index contributed by atoms with van der Waals surface area (Å²) in [5.74, 6) is 0.710. The van der Waals surface area contributed by atoms with Gasteiger partial charge in [0.2, 0.25) is 0 Å². The summed E-state index contributed by atoms with van der Waals surface area (Å²) in [7, 11) is 0. The summed E-state index contributed by atoms with van der Waals surface area (Å²) in [6.45, 7) is 0. The number of nitrogens with one attached hydrogen (secondary N) is 1. The monoisotopic (exact) mass is 321 g/mol. The number of pyridine rings is 1. The van der Waals surface area contributed by atoms with Crippen LogP contribution in [-0.4, -0.2) is 9.97 Å². The Morgan fingerprint density at radius 3 is 2.70 bits per heavy atom. The minimum atomic E-state index is 0.606. The quantitative estimate of drug-likeness (QED) is 0.715. The lowest BCUT2D eigenvalue weighted by atomic mass is 10.2. The van der Waals surface area contributed by atoms with E-state index in [4.69, 9.17) is 23.2 Å². The third kappa shape index (κ3) is 3.10. The molecule has 100 valence electrons. The molecule has 0 unspecified atom stereocenters. The molecule has 0 saturated carbocycles. The molecule has 0 bridgehead atoms. The molecule has 2 aromatic heterocycles. The van der Waals surface area contributed by atoms with Gasteiger partial charge in [0.15, 0.2) is 5.13 Å². The topological polar surface area (TPSA) is 37.8 Å². The lowest BCUT2D eigenvalue weighted by Crippen LogP contribution is -1.92. The zero-order valence-corrected chi connectivity index (χ0v) is 12.5. The lowest BCUT2D eigenvalue weighted by molar-refractivity contribution is 1.29. The van der Waals surface area contributed by atoms with Gasteiger partial charge in [0.05, 0.1) is 10.7 Å². The summed E-state index contributed by atoms with van der Waals surface area (Å²) >= 11 is 13.3. The molecule has 0 fully saturated rings. The molecule has 0 saturated heterocycles. The maximum absolute atomic E-state index is 5.98. The van der Waals surface area contributed by atoms with Crippen molar-refractivity contribution in [2.24, 2.45) is 0 Å². The summed E-state index contributed by atoms with van der Waals surface area (Å²) in [4.78, 5) is 8.69. The molecular weight excluding hydrogens is 313 g/mol. The van der Waals surface area contributed by atoms with Gasteiger partial charge in [-0.05, 0) is 24.3 Å². The highest BCUT2D eigenvalue weighted by molar-refractivity contribution is 7.14. The van der Waals surface area contributed by atoms with E-state index in [1.807, 2.05) is 35.7 Å². The van der Waals surface area contributed by atoms with Gasteiger partial charge in [-0.15, -0.1) is 11.3 Å². The smallest absolute Gasteiger partial charge is 0.188 e. The van der Waals surface area contributed by atoms with E-state index in [1.54, 1.807) is 12.3 Å². The minimum Gasteiger partial charge on any atom is -0.316 e. The molecular formula is C14H9Cl2N3S. The molecule has 2 heterocycles. The van der Waals surface area contributed by atoms with Gasteiger partial charge in [-0.1, -0.05) is 35.3 Å². The molecule has 0 atom stereocenters. The summed E-state index contributed by atoms with van der Waals surface area (Å²) in [5, 5.41) is 7.19. The molecule has 0 radical (unpaired) electrons. The van der Waals surface area contributed by atoms with Crippen molar-refractivity contribution in [3.63, 3.8) is 0 Å². The van der Waals surface area contributed by atoms with Crippen LogP contribution in [0.3, 0.4) is 0 Å². The van der Waals surface area contributed by atoms with Crippen molar-refractivity contribution in [3.05, 3.63) is 58.0 Å². The van der Waals surface area contributed by atoms with Crippen LogP contribution in [0.15, 0.2) is 48.0 Å². The Labute approximate surface area is 130 Å². The second-order valence-electron chi connectivity index (χ2n) is 4.03. The summed E-state index contributed by atoms with van der Waals surface area (Å²) in [6.07, 6.45) is 1.59. The first-order valence-corrected chi connectivity index (χ1v) is 7.44. The van der Waals surface area contributed by atoms with E-state index >= 15 is 0 Å². The van der Waals surface area contributed by atoms with Gasteiger partial charge < -0.3 is 5.32 Å². The predicted molar refractivity (Wildman–Crippen MR) is 85.1 cm³/mol. The van der Waals surface area contributed by atoms with Gasteiger partial charge in [-0.2, -0.15) is 0 Å². The van der Waals surface area contributed by atoms with Crippen LogP contribution in [0.25, 0.3) is 11.3 Å². The van der Waals surface area contributed by atoms with Gasteiger partial charge >= 0.3 is 0 Å². The first-order chi connectivity index (χ1) is 9.70. The average Bonchev–Trinajstić information content (AvgIpc) is 2.90. The van der Waals surface area contributed by atoms with E-state index in [0.717, 1.165) is 16.4 Å². The maximum atomic E-state index is 5.98. The molecule has 1 aromatic carbocycles. The molecule has 1 N–H and O–H groups in total. The molecule has 0 aliphatic heterocycles. The average molecular weight is 322 g/mol. The summed E-state index contributed by atoms with van der Waals surface area (Å²) in [6, 6.07) is 11.2. The fourth-order valence-electron chi connectivity index (χ4n) is 1.67. The highest BCUT2D eigenvalue weighted by atomic mass is 35.5. The largest absolute Gasteiger partial charge is 0.316 e. The number of aromatic nitrogens is 2. The fourth-order valence-corrected chi connectivity index (χ4v) is 2.70. The lowest BCUT2D eigenvalue weighted by Gasteiger charge is -2.01. The standard InChI is InChI=1S/C14H9Cl2N3S/c15-10-3-1-2-9(6-10)12-8-20-14(18-12)19-13-5-4-11(16)7-17-13/h1-8H,(H,17,18,19). The molecule has 0 aliphatic rings. The molecule has 3 aromatic rings. The number of halogens is 2. The van der Waals surface area contributed by atoms with Crippen LogP contribution in [-0.2, 0) is 0 Å². The molecule has 3 rings (SSSR count). The van der Waals surface area contributed by atoms with E-state index in [9.17, 15) is 0 Å². The second-order valence-corrected chi connectivity index (χ2v) is 5.77. The van der Waals surface area contributed by atoms with Crippen molar-refractivity contribution in [2.75, 3.05) is 5.32 Å². The van der Waals surface area contributed by atoms with Gasteiger partial charge in [0, 0.05) is 22.2 Å². The number of benzene rings is 1. The molecule has 0 spiro atoms. The highest BCUT2D eigenvalue weighted by Gasteiger charge is 2.05. The zero-order valence-electron chi connectivity index (χ0n) is 10.2. The van der Waals surface area contributed by atoms with Crippen LogP contribution in [0.5, 0.6) is 0 Å². The third-order valence-corrected chi connectivity index (χ3v) is 3.80. The Morgan fingerprint density at radius 1 is 1.05 bits per heavy atom. The minimum absolute atomic E-state index is 0.606. The maximum Gasteiger partial charge on any atom is 0.188 e. The van der Waals surface area contributed by atoms with Crippen molar-refractivity contribution in [1.29, 1.82) is 0 Å². The second kappa shape index (κ2) is 5.79. The Bertz CT molecular complexity index is 725. The number of thiazole rings is 1. The van der Waals surface area contributed by atoms with E-state index in [2.05, 4.69) is 15.3 Å². The predicted octanol–water partition coefficient (Wildman–Crippen LogP) is 5.26. The van der Waals surface area contributed by atoms with Crippen LogP contribution < -0.4 is 5.32 Å². The Balaban J connectivity index is 1.82. The first-order valence-electron chi connectivity index (χ1n) is 5.81. The van der Waals surface area contributed by atoms with E-state index in [0.29, 0.717) is 15.9 Å². The van der Waals surface area contributed by atoms with Crippen LogP contribution in [0.2, 0.25) is 10.0 Å². The van der Waals surface area contributed by atoms with Crippen LogP contribution in [0.4, 0.5) is 10.9 Å². The number of nitrogens with zero attached hydrogens (tertiary/aromatic N) is 2.